The molecule has 1 N–H and O–H groups in total. The number of unbranched alkanes of at least 4 members (excludes halogenated alkanes) is 1. The molecule has 1 atom stereocenters. The van der Waals surface area contributed by atoms with Crippen molar-refractivity contribution in [1.82, 2.24) is 9.62 Å². The predicted octanol–water partition coefficient (Wildman–Crippen LogP) is 2.95. The van der Waals surface area contributed by atoms with Gasteiger partial charge < -0.3 is 9.47 Å². The van der Waals surface area contributed by atoms with Gasteiger partial charge in [-0.2, -0.15) is 0 Å². The van der Waals surface area contributed by atoms with Crippen LogP contribution >= 0.6 is 0 Å². The van der Waals surface area contributed by atoms with Crippen molar-refractivity contribution < 1.29 is 17.9 Å². The first-order chi connectivity index (χ1) is 12.5. The first kappa shape index (κ1) is 21.0. The number of sulfonamides is 1. The normalized spacial score (nSPS) is 17.0. The number of hydrogen-bond donors (Lipinski definition) is 1. The second-order valence-corrected chi connectivity index (χ2v) is 8.67. The Balaban J connectivity index is 2.21. The van der Waals surface area contributed by atoms with Crippen LogP contribution in [0.2, 0.25) is 0 Å². The first-order valence-electron chi connectivity index (χ1n) is 9.44. The van der Waals surface area contributed by atoms with Crippen LogP contribution in [0.1, 0.15) is 50.6 Å². The van der Waals surface area contributed by atoms with E-state index in [-0.39, 0.29) is 11.8 Å². The topological polar surface area (TPSA) is 67.9 Å². The van der Waals surface area contributed by atoms with E-state index in [2.05, 4.69) is 9.62 Å². The second kappa shape index (κ2) is 10.1. The highest BCUT2D eigenvalue weighted by atomic mass is 32.2. The van der Waals surface area contributed by atoms with Gasteiger partial charge in [-0.3, -0.25) is 4.90 Å². The first-order valence-corrected chi connectivity index (χ1v) is 11.1. The van der Waals surface area contributed by atoms with E-state index >= 15 is 0 Å². The number of rotatable bonds is 10. The van der Waals surface area contributed by atoms with E-state index in [0.717, 1.165) is 37.9 Å². The van der Waals surface area contributed by atoms with Crippen LogP contribution in [-0.4, -0.2) is 52.9 Å². The molecular weight excluding hydrogens is 352 g/mol. The zero-order chi connectivity index (χ0) is 19.0. The Hall–Kier alpha value is -1.31. The maximum Gasteiger partial charge on any atom is 0.211 e. The molecule has 0 radical (unpaired) electrons. The Morgan fingerprint density at radius 2 is 1.81 bits per heavy atom. The molecule has 0 spiro atoms. The molecule has 2 rings (SSSR count). The van der Waals surface area contributed by atoms with E-state index in [0.29, 0.717) is 24.5 Å². The maximum atomic E-state index is 12.3. The van der Waals surface area contributed by atoms with Crippen LogP contribution in [0.25, 0.3) is 0 Å². The maximum absolute atomic E-state index is 12.3. The van der Waals surface area contributed by atoms with Crippen LogP contribution < -0.4 is 14.2 Å². The van der Waals surface area contributed by atoms with Crippen molar-refractivity contribution in [2.24, 2.45) is 0 Å². The SMILES string of the molecule is CCCCS(=O)(=O)NCC(c1ccc(OC)c(OC)c1)N1CCCCC1. The van der Waals surface area contributed by atoms with Gasteiger partial charge in [0.15, 0.2) is 11.5 Å². The lowest BCUT2D eigenvalue weighted by Crippen LogP contribution is -2.41. The molecule has 0 bridgehead atoms. The van der Waals surface area contributed by atoms with Crippen molar-refractivity contribution in [1.29, 1.82) is 0 Å². The van der Waals surface area contributed by atoms with Crippen LogP contribution in [0.5, 0.6) is 11.5 Å². The van der Waals surface area contributed by atoms with Gasteiger partial charge in [0.05, 0.1) is 20.0 Å². The number of piperidine rings is 1. The molecule has 1 unspecified atom stereocenters. The summed E-state index contributed by atoms with van der Waals surface area (Å²) < 4.78 is 38.1. The van der Waals surface area contributed by atoms with Gasteiger partial charge in [-0.25, -0.2) is 13.1 Å². The molecule has 1 fully saturated rings. The summed E-state index contributed by atoms with van der Waals surface area (Å²) in [6.07, 6.45) is 5.07. The summed E-state index contributed by atoms with van der Waals surface area (Å²) in [6, 6.07) is 5.84. The molecular formula is C19H32N2O4S. The lowest BCUT2D eigenvalue weighted by molar-refractivity contribution is 0.164. The van der Waals surface area contributed by atoms with Crippen molar-refractivity contribution in [3.8, 4) is 11.5 Å². The monoisotopic (exact) mass is 384 g/mol. The molecule has 1 heterocycles. The van der Waals surface area contributed by atoms with Gasteiger partial charge in [0.1, 0.15) is 0 Å². The molecule has 1 aliphatic heterocycles. The average molecular weight is 385 g/mol. The summed E-state index contributed by atoms with van der Waals surface area (Å²) in [7, 11) is -0.0179. The van der Waals surface area contributed by atoms with Gasteiger partial charge in [0, 0.05) is 12.6 Å². The third-order valence-corrected chi connectivity index (χ3v) is 6.32. The van der Waals surface area contributed by atoms with Crippen molar-refractivity contribution in [2.75, 3.05) is 39.6 Å². The fraction of sp³-hybridized carbons (Fsp3) is 0.684. The molecule has 6 nitrogen and oxygen atoms in total. The fourth-order valence-electron chi connectivity index (χ4n) is 3.36. The highest BCUT2D eigenvalue weighted by Gasteiger charge is 2.25. The summed E-state index contributed by atoms with van der Waals surface area (Å²) in [5.74, 6) is 1.53. The number of methoxy groups -OCH3 is 2. The Labute approximate surface area is 157 Å². The van der Waals surface area contributed by atoms with Crippen molar-refractivity contribution >= 4 is 10.0 Å². The van der Waals surface area contributed by atoms with Gasteiger partial charge >= 0.3 is 0 Å². The molecule has 7 heteroatoms. The third-order valence-electron chi connectivity index (χ3n) is 4.89. The zero-order valence-corrected chi connectivity index (χ0v) is 17.0. The molecule has 1 aliphatic rings. The molecule has 0 saturated carbocycles. The van der Waals surface area contributed by atoms with Crippen LogP contribution in [0, 0.1) is 0 Å². The highest BCUT2D eigenvalue weighted by molar-refractivity contribution is 7.89. The Bertz CT molecular complexity index is 658. The van der Waals surface area contributed by atoms with Gasteiger partial charge in [-0.15, -0.1) is 0 Å². The fourth-order valence-corrected chi connectivity index (χ4v) is 4.59. The average Bonchev–Trinajstić information content (AvgIpc) is 2.67. The quantitative estimate of drug-likeness (QED) is 0.672. The van der Waals surface area contributed by atoms with Crippen molar-refractivity contribution in [3.05, 3.63) is 23.8 Å². The molecule has 0 aliphatic carbocycles. The van der Waals surface area contributed by atoms with E-state index < -0.39 is 10.0 Å². The standard InChI is InChI=1S/C19H32N2O4S/c1-4-5-13-26(22,23)20-15-17(21-11-7-6-8-12-21)16-9-10-18(24-2)19(14-16)25-3/h9-10,14,17,20H,4-8,11-13,15H2,1-3H3. The Kier molecular flexibility index (Phi) is 8.18. The lowest BCUT2D eigenvalue weighted by Gasteiger charge is -2.35. The summed E-state index contributed by atoms with van der Waals surface area (Å²) in [6.45, 7) is 4.34. The lowest BCUT2D eigenvalue weighted by atomic mass is 10.0. The molecule has 26 heavy (non-hydrogen) atoms. The van der Waals surface area contributed by atoms with E-state index in [4.69, 9.17) is 9.47 Å². The Morgan fingerprint density at radius 3 is 2.42 bits per heavy atom. The molecule has 148 valence electrons. The minimum atomic E-state index is -3.25. The van der Waals surface area contributed by atoms with Crippen LogP contribution in [0.3, 0.4) is 0 Å². The number of benzene rings is 1. The summed E-state index contributed by atoms with van der Waals surface area (Å²) in [5.41, 5.74) is 1.04. The van der Waals surface area contributed by atoms with Gasteiger partial charge in [-0.05, 0) is 50.0 Å². The summed E-state index contributed by atoms with van der Waals surface area (Å²) in [4.78, 5) is 2.37. The number of nitrogens with zero attached hydrogens (tertiary/aromatic N) is 1. The van der Waals surface area contributed by atoms with Gasteiger partial charge in [0.2, 0.25) is 10.0 Å². The number of hydrogen-bond acceptors (Lipinski definition) is 5. The molecule has 1 saturated heterocycles. The van der Waals surface area contributed by atoms with Gasteiger partial charge in [0.25, 0.3) is 0 Å². The van der Waals surface area contributed by atoms with Crippen molar-refractivity contribution in [3.63, 3.8) is 0 Å². The second-order valence-electron chi connectivity index (χ2n) is 6.75. The highest BCUT2D eigenvalue weighted by Crippen LogP contribution is 2.32. The largest absolute Gasteiger partial charge is 0.493 e. The van der Waals surface area contributed by atoms with E-state index in [1.807, 2.05) is 25.1 Å². The van der Waals surface area contributed by atoms with E-state index in [1.165, 1.54) is 6.42 Å². The number of likely N-dealkylation sites (tertiary alicyclic amines) is 1. The number of nitrogens with one attached hydrogen (secondary N) is 1. The molecule has 0 aromatic heterocycles. The molecule has 1 aromatic rings. The van der Waals surface area contributed by atoms with Gasteiger partial charge in [-0.1, -0.05) is 25.8 Å². The zero-order valence-electron chi connectivity index (χ0n) is 16.2. The third kappa shape index (κ3) is 5.86. The van der Waals surface area contributed by atoms with Crippen LogP contribution in [0.15, 0.2) is 18.2 Å². The molecule has 1 aromatic carbocycles. The smallest absolute Gasteiger partial charge is 0.211 e. The van der Waals surface area contributed by atoms with Crippen LogP contribution in [-0.2, 0) is 10.0 Å². The summed E-state index contributed by atoms with van der Waals surface area (Å²) in [5, 5.41) is 0. The molecule has 0 amide bonds. The van der Waals surface area contributed by atoms with E-state index in [9.17, 15) is 8.42 Å². The Morgan fingerprint density at radius 1 is 1.12 bits per heavy atom. The minimum Gasteiger partial charge on any atom is -0.493 e. The number of ether oxygens (including phenoxy) is 2. The van der Waals surface area contributed by atoms with E-state index in [1.54, 1.807) is 14.2 Å². The predicted molar refractivity (Wildman–Crippen MR) is 104 cm³/mol. The summed E-state index contributed by atoms with van der Waals surface area (Å²) >= 11 is 0. The minimum absolute atomic E-state index is 0.00786. The van der Waals surface area contributed by atoms with Crippen molar-refractivity contribution in [2.45, 2.75) is 45.1 Å². The van der Waals surface area contributed by atoms with Crippen LogP contribution in [0.4, 0.5) is 0 Å².